The molecule has 4 rings (SSSR count). The lowest BCUT2D eigenvalue weighted by Gasteiger charge is -2.20. The van der Waals surface area contributed by atoms with Crippen LogP contribution in [0.15, 0.2) is 70.0 Å². The number of nitrogens with one attached hydrogen (secondary N) is 1. The summed E-state index contributed by atoms with van der Waals surface area (Å²) in [6, 6.07) is 20.4. The van der Waals surface area contributed by atoms with Crippen LogP contribution in [-0.2, 0) is 0 Å². The van der Waals surface area contributed by atoms with Gasteiger partial charge in [-0.2, -0.15) is 5.26 Å². The smallest absolute Gasteiger partial charge is 0.276 e. The minimum absolute atomic E-state index is 0.0369. The summed E-state index contributed by atoms with van der Waals surface area (Å²) in [4.78, 5) is 14.3. The highest BCUT2D eigenvalue weighted by atomic mass is 16.5. The number of hydrogen-bond donors (Lipinski definition) is 1. The van der Waals surface area contributed by atoms with Gasteiger partial charge in [0.05, 0.1) is 5.69 Å². The zero-order valence-electron chi connectivity index (χ0n) is 13.9. The van der Waals surface area contributed by atoms with Gasteiger partial charge in [-0.1, -0.05) is 36.4 Å². The first kappa shape index (κ1) is 15.6. The van der Waals surface area contributed by atoms with Crippen molar-refractivity contribution in [2.24, 2.45) is 0 Å². The third kappa shape index (κ3) is 2.41. The minimum Gasteiger partial charge on any atom is -0.429 e. The van der Waals surface area contributed by atoms with Gasteiger partial charge in [-0.3, -0.25) is 10.1 Å². The second kappa shape index (κ2) is 6.18. The Kier molecular flexibility index (Phi) is 3.71. The van der Waals surface area contributed by atoms with Crippen LogP contribution in [0.25, 0.3) is 22.6 Å². The predicted molar refractivity (Wildman–Crippen MR) is 95.9 cm³/mol. The first-order valence-electron chi connectivity index (χ1n) is 7.95. The molecule has 0 atom stereocenters. The van der Waals surface area contributed by atoms with Gasteiger partial charge in [0.1, 0.15) is 11.6 Å². The average molecular weight is 344 g/mol. The summed E-state index contributed by atoms with van der Waals surface area (Å²) in [5.41, 5.74) is 2.08. The fourth-order valence-corrected chi connectivity index (χ4v) is 2.79. The summed E-state index contributed by atoms with van der Waals surface area (Å²) < 4.78 is 7.02. The maximum Gasteiger partial charge on any atom is 0.276 e. The lowest BCUT2D eigenvalue weighted by Crippen LogP contribution is -2.25. The van der Waals surface area contributed by atoms with E-state index >= 15 is 0 Å². The van der Waals surface area contributed by atoms with E-state index in [1.54, 1.807) is 19.1 Å². The molecule has 0 unspecified atom stereocenters. The lowest BCUT2D eigenvalue weighted by molar-refractivity contribution is 0.334. The first-order chi connectivity index (χ1) is 12.7. The number of aromatic amines is 1. The fraction of sp³-hybridized carbons (Fsp3) is 0.0526. The van der Waals surface area contributed by atoms with Crippen molar-refractivity contribution in [1.29, 1.82) is 5.26 Å². The van der Waals surface area contributed by atoms with E-state index in [-0.39, 0.29) is 11.3 Å². The molecule has 0 aliphatic heterocycles. The molecular weight excluding hydrogens is 330 g/mol. The summed E-state index contributed by atoms with van der Waals surface area (Å²) in [7, 11) is 0. The number of benzene rings is 2. The molecule has 0 saturated carbocycles. The van der Waals surface area contributed by atoms with E-state index in [1.165, 1.54) is 9.36 Å². The van der Waals surface area contributed by atoms with Crippen LogP contribution in [0.2, 0.25) is 0 Å². The van der Waals surface area contributed by atoms with Gasteiger partial charge in [-0.25, -0.2) is 4.57 Å². The Bertz CT molecular complexity index is 1210. The standard InChI is InChI=1S/C19H14N5O2/c1-13-16(12-20)18(25)23(14-8-4-2-5-9-14)19-17(13)21-24(22-26-19)15-10-6-3-7-11-15/h2-11,22H,1H3/q-1. The number of fused-ring (bicyclic) bond motifs is 1. The van der Waals surface area contributed by atoms with Gasteiger partial charge in [0.25, 0.3) is 5.56 Å². The number of H-pyrrole nitrogens is 1. The summed E-state index contributed by atoms with van der Waals surface area (Å²) >= 11 is 0. The molecule has 0 spiro atoms. The minimum atomic E-state index is -0.444. The number of aryl methyl sites for hydroxylation is 1. The van der Waals surface area contributed by atoms with Crippen molar-refractivity contribution >= 4 is 11.2 Å². The SMILES string of the molecule is Cc1c(C#N)c(=O)n(-c2ccccc2)c2o[nH]n(-c3ccccc3)[n-]c12. The van der Waals surface area contributed by atoms with Gasteiger partial charge in [-0.05, 0) is 36.8 Å². The van der Waals surface area contributed by atoms with Crippen LogP contribution in [0.3, 0.4) is 0 Å². The maximum absolute atomic E-state index is 12.8. The fourth-order valence-electron chi connectivity index (χ4n) is 2.79. The molecule has 0 fully saturated rings. The Morgan fingerprint density at radius 3 is 2.27 bits per heavy atom. The zero-order valence-corrected chi connectivity index (χ0v) is 13.9. The number of para-hydroxylation sites is 2. The van der Waals surface area contributed by atoms with Crippen LogP contribution in [0.5, 0.6) is 0 Å². The Morgan fingerprint density at radius 2 is 1.65 bits per heavy atom. The number of hydrogen-bond acceptors (Lipinski definition) is 3. The van der Waals surface area contributed by atoms with E-state index in [0.717, 1.165) is 5.69 Å². The van der Waals surface area contributed by atoms with E-state index in [0.29, 0.717) is 16.8 Å². The van der Waals surface area contributed by atoms with Crippen molar-refractivity contribution in [1.82, 2.24) is 19.7 Å². The van der Waals surface area contributed by atoms with Crippen molar-refractivity contribution in [2.45, 2.75) is 6.92 Å². The number of nitrogens with zero attached hydrogens (tertiary/aromatic N) is 4. The summed E-state index contributed by atoms with van der Waals surface area (Å²) in [6.07, 6.45) is 0. The van der Waals surface area contributed by atoms with Crippen molar-refractivity contribution in [3.8, 4) is 17.4 Å². The molecule has 0 bridgehead atoms. The van der Waals surface area contributed by atoms with Gasteiger partial charge in [0, 0.05) is 11.2 Å². The monoisotopic (exact) mass is 344 g/mol. The van der Waals surface area contributed by atoms with Gasteiger partial charge < -0.3 is 14.4 Å². The van der Waals surface area contributed by atoms with Gasteiger partial charge >= 0.3 is 0 Å². The molecular formula is C19H14N5O2-. The van der Waals surface area contributed by atoms with E-state index < -0.39 is 5.56 Å². The van der Waals surface area contributed by atoms with E-state index in [1.807, 2.05) is 54.6 Å². The quantitative estimate of drug-likeness (QED) is 0.605. The van der Waals surface area contributed by atoms with Crippen LogP contribution < -0.4 is 10.7 Å². The molecule has 128 valence electrons. The van der Waals surface area contributed by atoms with Crippen molar-refractivity contribution in [2.75, 3.05) is 0 Å². The highest BCUT2D eigenvalue weighted by Gasteiger charge is 2.15. The van der Waals surface area contributed by atoms with Gasteiger partial charge in [-0.15, -0.1) is 0 Å². The first-order valence-corrected chi connectivity index (χ1v) is 7.95. The number of rotatable bonds is 2. The number of pyridine rings is 1. The third-order valence-corrected chi connectivity index (χ3v) is 4.11. The topological polar surface area (TPSA) is 93.8 Å². The summed E-state index contributed by atoms with van der Waals surface area (Å²) in [5.74, 6) is 0. The highest BCUT2D eigenvalue weighted by molar-refractivity contribution is 5.76. The molecule has 2 aromatic heterocycles. The Balaban J connectivity index is 2.10. The normalized spacial score (nSPS) is 10.6. The molecule has 1 N–H and O–H groups in total. The molecule has 0 saturated heterocycles. The molecule has 4 aromatic rings. The van der Waals surface area contributed by atoms with Crippen LogP contribution in [0.4, 0.5) is 0 Å². The molecule has 0 aliphatic rings. The molecule has 7 heteroatoms. The van der Waals surface area contributed by atoms with Crippen molar-refractivity contribution < 1.29 is 4.52 Å². The molecule has 0 aliphatic carbocycles. The predicted octanol–water partition coefficient (Wildman–Crippen LogP) is 2.96. The maximum atomic E-state index is 12.8. The summed E-state index contributed by atoms with van der Waals surface area (Å²) in [6.45, 7) is 1.69. The van der Waals surface area contributed by atoms with Gasteiger partial charge in [0.2, 0.25) is 5.71 Å². The summed E-state index contributed by atoms with van der Waals surface area (Å²) in [5, 5.41) is 16.7. The molecule has 0 radical (unpaired) electrons. The Morgan fingerprint density at radius 1 is 1.04 bits per heavy atom. The second-order valence-electron chi connectivity index (χ2n) is 5.68. The van der Waals surface area contributed by atoms with E-state index in [2.05, 4.69) is 10.4 Å². The molecule has 7 nitrogen and oxygen atoms in total. The Labute approximate surface area is 148 Å². The highest BCUT2D eigenvalue weighted by Crippen LogP contribution is 2.19. The van der Waals surface area contributed by atoms with Crippen LogP contribution >= 0.6 is 0 Å². The second-order valence-corrected chi connectivity index (χ2v) is 5.68. The van der Waals surface area contributed by atoms with Crippen LogP contribution in [-0.4, -0.2) is 14.6 Å². The van der Waals surface area contributed by atoms with E-state index in [4.69, 9.17) is 4.52 Å². The number of nitriles is 1. The third-order valence-electron chi connectivity index (χ3n) is 4.11. The van der Waals surface area contributed by atoms with E-state index in [9.17, 15) is 10.1 Å². The molecule has 0 amide bonds. The molecule has 26 heavy (non-hydrogen) atoms. The zero-order chi connectivity index (χ0) is 18.1. The van der Waals surface area contributed by atoms with Crippen molar-refractivity contribution in [3.63, 3.8) is 0 Å². The van der Waals surface area contributed by atoms with Gasteiger partial charge in [0.15, 0.2) is 0 Å². The Hall–Kier alpha value is -3.92. The number of aromatic nitrogens is 4. The molecule has 2 heterocycles. The lowest BCUT2D eigenvalue weighted by atomic mass is 10.1. The van der Waals surface area contributed by atoms with Crippen LogP contribution in [0.1, 0.15) is 11.1 Å². The average Bonchev–Trinajstić information content (AvgIpc) is 2.70. The molecule has 2 aromatic carbocycles. The van der Waals surface area contributed by atoms with Crippen molar-refractivity contribution in [3.05, 3.63) is 82.1 Å². The van der Waals surface area contributed by atoms with Crippen LogP contribution in [0, 0.1) is 18.3 Å². The largest absolute Gasteiger partial charge is 0.429 e.